The van der Waals surface area contributed by atoms with Crippen molar-refractivity contribution >= 4 is 63.3 Å². The molecule has 0 heterocycles. The number of carbonyl (C=O) groups excluding carboxylic acids is 6. The fraction of sp³-hybridized carbons (Fsp3) is 0.580. The maximum Gasteiger partial charge on any atom is 0.308 e. The van der Waals surface area contributed by atoms with Gasteiger partial charge in [0.1, 0.15) is 50.8 Å². The maximum atomic E-state index is 10.5. The molecule has 0 aliphatic heterocycles. The second kappa shape index (κ2) is 68.6. The zero-order valence-electron chi connectivity index (χ0n) is 84.0. The first-order chi connectivity index (χ1) is 56.2. The lowest BCUT2D eigenvalue weighted by Crippen LogP contribution is -2.33. The molecule has 6 atom stereocenters. The highest BCUT2D eigenvalue weighted by Gasteiger charge is 2.16. The molecule has 0 aliphatic carbocycles. The molecule has 0 amide bonds. The molecule has 6 aromatic carbocycles. The molecule has 0 saturated heterocycles. The monoisotopic (exact) mass is 1800 g/mol. The number of carbonyl (C=O) groups is 6. The van der Waals surface area contributed by atoms with Crippen LogP contribution >= 0.6 is 27.5 Å². The lowest BCUT2D eigenvalue weighted by atomic mass is 10.1. The van der Waals surface area contributed by atoms with E-state index in [4.69, 9.17) is 21.1 Å². The summed E-state index contributed by atoms with van der Waals surface area (Å²) in [6.45, 7) is 33.5. The van der Waals surface area contributed by atoms with E-state index in [1.165, 1.54) is 87.2 Å². The third-order valence-electron chi connectivity index (χ3n) is 17.6. The lowest BCUT2D eigenvalue weighted by Gasteiger charge is -2.23. The first-order valence-electron chi connectivity index (χ1n) is 42.4. The van der Waals surface area contributed by atoms with Crippen LogP contribution in [0.25, 0.3) is 0 Å². The molecule has 696 valence electrons. The van der Waals surface area contributed by atoms with Crippen molar-refractivity contribution in [1.29, 1.82) is 0 Å². The highest BCUT2D eigenvalue weighted by Crippen LogP contribution is 2.19. The molecule has 20 nitrogen and oxygen atoms in total. The minimum absolute atomic E-state index is 0.0556. The van der Waals surface area contributed by atoms with Crippen molar-refractivity contribution in [3.8, 4) is 11.5 Å². The minimum Gasteiger partial charge on any atom is -0.497 e. The Morgan fingerprint density at radius 2 is 0.475 bits per heavy atom. The Hall–Kier alpha value is -7.73. The first kappa shape index (κ1) is 125. The van der Waals surface area contributed by atoms with Crippen LogP contribution in [0.4, 0.5) is 0 Å². The lowest BCUT2D eigenvalue weighted by molar-refractivity contribution is -0.884. The van der Waals surface area contributed by atoms with Gasteiger partial charge in [-0.3, -0.25) is 28.8 Å². The summed E-state index contributed by atoms with van der Waals surface area (Å²) in [4.78, 5) is 63.1. The highest BCUT2D eigenvalue weighted by molar-refractivity contribution is 9.10. The Labute approximate surface area is 757 Å². The minimum atomic E-state index is -0.118. The van der Waals surface area contributed by atoms with Crippen LogP contribution in [0, 0.1) is 49.4 Å². The second-order valence-corrected chi connectivity index (χ2v) is 38.0. The molecule has 0 saturated carbocycles. The normalized spacial score (nSPS) is 12.1. The fourth-order valence-electron chi connectivity index (χ4n) is 9.61. The number of benzene rings is 6. The van der Waals surface area contributed by atoms with Crippen molar-refractivity contribution in [2.75, 3.05) is 184 Å². The molecule has 122 heavy (non-hydrogen) atoms. The summed E-state index contributed by atoms with van der Waals surface area (Å²) in [7, 11) is 51.3. The molecule has 6 aromatic rings. The zero-order valence-corrected chi connectivity index (χ0v) is 86.3. The maximum absolute atomic E-state index is 10.5. The first-order valence-corrected chi connectivity index (χ1v) is 43.6. The Morgan fingerprint density at radius 3 is 0.664 bits per heavy atom. The molecule has 0 fully saturated rings. The van der Waals surface area contributed by atoms with E-state index >= 15 is 0 Å². The summed E-state index contributed by atoms with van der Waals surface area (Å²) in [5, 5.41) is 0.820. The molecular formula is C100H174BrClN6O14+6. The van der Waals surface area contributed by atoms with Gasteiger partial charge in [0, 0.05) is 42.9 Å². The summed E-state index contributed by atoms with van der Waals surface area (Å²) >= 11 is 9.29. The molecule has 0 aromatic heterocycles. The van der Waals surface area contributed by atoms with Gasteiger partial charge in [0.2, 0.25) is 0 Å². The van der Waals surface area contributed by atoms with Crippen LogP contribution in [-0.4, -0.2) is 246 Å². The SMILES string of the molecule is CCC(C)C(=O)OC.CCC(C)C(=O)OC.CCC(C)C(=O)OC.CCC(C)C(=O)OC.CCC(C)C(=O)OC.CCC(C)C(=O)OC.COc1ccc(C[N+](C)(C)C)cc1.COc1cccc(C[N+](C)(C)C)c1.C[N+](C)(C)Cc1ccc(Br)cc1.C[N+](C)(C)Cc1cccc(Cl)c1.Cc1ccc(C[N+](C)(C)C)cc1.Cc1ccc(C[N+](C)(C)C)cc1. The average Bonchev–Trinajstić information content (AvgIpc) is 0.907. The van der Waals surface area contributed by atoms with Gasteiger partial charge in [-0.25, -0.2) is 0 Å². The van der Waals surface area contributed by atoms with Gasteiger partial charge in [0.25, 0.3) is 0 Å². The number of ether oxygens (including phenoxy) is 8. The van der Waals surface area contributed by atoms with Crippen LogP contribution in [0.1, 0.15) is 166 Å². The molecule has 6 rings (SSSR count). The summed E-state index contributed by atoms with van der Waals surface area (Å²) in [5.74, 6) is 1.48. The molecule has 0 N–H and O–H groups in total. The number of halogens is 2. The second-order valence-electron chi connectivity index (χ2n) is 36.6. The van der Waals surface area contributed by atoms with Crippen LogP contribution in [0.2, 0.25) is 5.02 Å². The van der Waals surface area contributed by atoms with E-state index in [9.17, 15) is 28.8 Å². The molecule has 0 aliphatic rings. The number of rotatable bonds is 26. The summed E-state index contributed by atoms with van der Waals surface area (Å²) in [5.41, 5.74) is 10.8. The van der Waals surface area contributed by atoms with Crippen molar-refractivity contribution in [2.45, 2.75) is 175 Å². The van der Waals surface area contributed by atoms with Crippen LogP contribution in [0.15, 0.2) is 150 Å². The predicted octanol–water partition coefficient (Wildman–Crippen LogP) is 20.6. The summed E-state index contributed by atoms with van der Waals surface area (Å²) in [6, 6.07) is 50.5. The highest BCUT2D eigenvalue weighted by atomic mass is 79.9. The molecular weight excluding hydrogens is 1620 g/mol. The van der Waals surface area contributed by atoms with Gasteiger partial charge in [-0.05, 0) is 113 Å². The zero-order chi connectivity index (χ0) is 96.0. The third-order valence-corrected chi connectivity index (χ3v) is 18.3. The van der Waals surface area contributed by atoms with E-state index in [0.717, 1.165) is 126 Å². The van der Waals surface area contributed by atoms with Gasteiger partial charge in [0.15, 0.2) is 0 Å². The standard InChI is InChI=1S/2C11H18NO.2C11H18N.C10H15BrN.C10H15ClN.6C6H12O2/c1-12(2,3)9-10-5-7-11(13-4)8-6-10;1-12(2,3)9-10-6-5-7-11(8-10)13-4;2*1-10-5-7-11(8-6-10)9-12(2,3)4;1-12(2,3)8-9-4-6-10(11)7-5-9;1-12(2,3)8-9-5-4-6-10(11)7-9;6*1-4-5(2)6(7)8-3/h2*5-8H,9H2,1-4H3;2*5-8H,9H2,1-4H3;2*4-7H,8H2,1-3H3;6*5H,4H2,1-3H3/q6*+1;;;;;;. The average molecular weight is 1800 g/mol. The number of hydrogen-bond donors (Lipinski definition) is 0. The molecule has 6 unspecified atom stereocenters. The van der Waals surface area contributed by atoms with Crippen molar-refractivity contribution in [3.05, 3.63) is 200 Å². The van der Waals surface area contributed by atoms with Crippen LogP contribution in [0.5, 0.6) is 11.5 Å². The van der Waals surface area contributed by atoms with Crippen LogP contribution < -0.4 is 9.47 Å². The third kappa shape index (κ3) is 77.1. The smallest absolute Gasteiger partial charge is 0.308 e. The van der Waals surface area contributed by atoms with Crippen molar-refractivity contribution in [1.82, 2.24) is 0 Å². The number of hydrogen-bond acceptors (Lipinski definition) is 14. The van der Waals surface area contributed by atoms with E-state index in [1.54, 1.807) is 14.2 Å². The van der Waals surface area contributed by atoms with E-state index < -0.39 is 0 Å². The Morgan fingerprint density at radius 1 is 0.279 bits per heavy atom. The van der Waals surface area contributed by atoms with Gasteiger partial charge < -0.3 is 64.8 Å². The Balaban J connectivity index is -0.000000303. The van der Waals surface area contributed by atoms with Crippen molar-refractivity contribution in [2.24, 2.45) is 35.5 Å². The van der Waals surface area contributed by atoms with Gasteiger partial charge in [0.05, 0.1) is 219 Å². The Bertz CT molecular complexity index is 3360. The van der Waals surface area contributed by atoms with Gasteiger partial charge in [-0.1, -0.05) is 207 Å². The van der Waals surface area contributed by atoms with E-state index in [1.807, 2.05) is 126 Å². The number of esters is 6. The topological polar surface area (TPSA) is 176 Å². The van der Waals surface area contributed by atoms with E-state index in [2.05, 4.69) is 288 Å². The number of aryl methyl sites for hydroxylation is 2. The summed E-state index contributed by atoms with van der Waals surface area (Å²) < 4.78 is 44.0. The number of quaternary nitrogens is 6. The van der Waals surface area contributed by atoms with E-state index in [0.29, 0.717) is 0 Å². The molecule has 22 heteroatoms. The number of methoxy groups -OCH3 is 8. The quantitative estimate of drug-likeness (QED) is 0.0285. The van der Waals surface area contributed by atoms with Crippen molar-refractivity contribution in [3.63, 3.8) is 0 Å². The Kier molecular flexibility index (Phi) is 70.3. The summed E-state index contributed by atoms with van der Waals surface area (Å²) in [6.07, 6.45) is 5.12. The van der Waals surface area contributed by atoms with Crippen LogP contribution in [-0.2, 0) is 96.5 Å². The molecule has 0 bridgehead atoms. The van der Waals surface area contributed by atoms with Gasteiger partial charge >= 0.3 is 35.8 Å². The van der Waals surface area contributed by atoms with Crippen molar-refractivity contribution < 1.29 is 93.6 Å². The van der Waals surface area contributed by atoms with Gasteiger partial charge in [-0.2, -0.15) is 0 Å². The van der Waals surface area contributed by atoms with Gasteiger partial charge in [-0.15, -0.1) is 0 Å². The molecule has 0 spiro atoms. The van der Waals surface area contributed by atoms with Crippen LogP contribution in [0.3, 0.4) is 0 Å². The predicted molar refractivity (Wildman–Crippen MR) is 513 cm³/mol. The van der Waals surface area contributed by atoms with E-state index in [-0.39, 0.29) is 71.3 Å². The fourth-order valence-corrected chi connectivity index (χ4v) is 10.1. The largest absolute Gasteiger partial charge is 0.497 e. The molecule has 0 radical (unpaired) electrons. The number of nitrogens with zero attached hydrogens (tertiary/aromatic N) is 6.